The van der Waals surface area contributed by atoms with Crippen molar-refractivity contribution in [3.8, 4) is 5.75 Å². The van der Waals surface area contributed by atoms with Crippen molar-refractivity contribution in [2.24, 2.45) is 0 Å². The topological polar surface area (TPSA) is 55.8 Å². The van der Waals surface area contributed by atoms with Crippen molar-refractivity contribution < 1.29 is 19.4 Å². The van der Waals surface area contributed by atoms with Gasteiger partial charge in [-0.2, -0.15) is 0 Å². The van der Waals surface area contributed by atoms with E-state index in [0.29, 0.717) is 10.6 Å². The van der Waals surface area contributed by atoms with E-state index in [0.717, 1.165) is 26.1 Å². The molecule has 5 heteroatoms. The molecule has 0 bridgehead atoms. The lowest BCUT2D eigenvalue weighted by atomic mass is 10.1. The molecule has 2 heterocycles. The van der Waals surface area contributed by atoms with Gasteiger partial charge in [0.15, 0.2) is 0 Å². The van der Waals surface area contributed by atoms with Gasteiger partial charge in [0, 0.05) is 24.3 Å². The highest BCUT2D eigenvalue weighted by Crippen LogP contribution is 2.24. The number of carboxylic acid groups (broad SMARTS) is 1. The maximum atomic E-state index is 10.6. The van der Waals surface area contributed by atoms with Gasteiger partial charge >= 0.3 is 5.97 Å². The van der Waals surface area contributed by atoms with E-state index in [4.69, 9.17) is 14.6 Å². The molecule has 1 fully saturated rings. The summed E-state index contributed by atoms with van der Waals surface area (Å²) >= 11 is 1.19. The predicted octanol–water partition coefficient (Wildman–Crippen LogP) is 2.00. The second-order valence-electron chi connectivity index (χ2n) is 3.38. The summed E-state index contributed by atoms with van der Waals surface area (Å²) < 4.78 is 10.9. The van der Waals surface area contributed by atoms with Gasteiger partial charge in [-0.3, -0.25) is 0 Å². The van der Waals surface area contributed by atoms with Gasteiger partial charge in [0.2, 0.25) is 0 Å². The fourth-order valence-corrected chi connectivity index (χ4v) is 2.13. The third-order valence-corrected chi connectivity index (χ3v) is 3.15. The summed E-state index contributed by atoms with van der Waals surface area (Å²) in [6.45, 7) is 1.45. The van der Waals surface area contributed by atoms with Crippen LogP contribution in [0.25, 0.3) is 0 Å². The monoisotopic (exact) mass is 228 g/mol. The summed E-state index contributed by atoms with van der Waals surface area (Å²) in [4.78, 5) is 11.0. The molecular weight excluding hydrogens is 216 g/mol. The van der Waals surface area contributed by atoms with Crippen LogP contribution in [-0.4, -0.2) is 30.4 Å². The largest absolute Gasteiger partial charge is 0.489 e. The molecule has 4 nitrogen and oxygen atoms in total. The van der Waals surface area contributed by atoms with Crippen LogP contribution in [0.3, 0.4) is 0 Å². The quantitative estimate of drug-likeness (QED) is 0.859. The number of hydrogen-bond donors (Lipinski definition) is 1. The third-order valence-electron chi connectivity index (χ3n) is 2.26. The molecule has 1 aromatic heterocycles. The maximum absolute atomic E-state index is 10.6. The summed E-state index contributed by atoms with van der Waals surface area (Å²) in [7, 11) is 0. The van der Waals surface area contributed by atoms with Crippen molar-refractivity contribution in [2.75, 3.05) is 13.2 Å². The maximum Gasteiger partial charge on any atom is 0.346 e. The minimum absolute atomic E-state index is 0.162. The molecule has 0 unspecified atom stereocenters. The molecule has 2 rings (SSSR count). The van der Waals surface area contributed by atoms with Gasteiger partial charge in [-0.25, -0.2) is 4.79 Å². The first-order valence-corrected chi connectivity index (χ1v) is 5.70. The van der Waals surface area contributed by atoms with E-state index in [1.54, 1.807) is 11.4 Å². The Morgan fingerprint density at radius 2 is 2.27 bits per heavy atom. The molecule has 0 aliphatic carbocycles. The normalized spacial score (nSPS) is 17.6. The zero-order valence-electron chi connectivity index (χ0n) is 8.14. The molecular formula is C10H12O4S. The molecule has 1 aliphatic rings. The predicted molar refractivity (Wildman–Crippen MR) is 55.7 cm³/mol. The zero-order chi connectivity index (χ0) is 10.7. The number of carboxylic acids is 1. The molecule has 0 aromatic carbocycles. The van der Waals surface area contributed by atoms with Crippen molar-refractivity contribution in [3.05, 3.63) is 16.3 Å². The Bertz CT molecular complexity index is 341. The van der Waals surface area contributed by atoms with E-state index in [1.165, 1.54) is 11.3 Å². The molecule has 82 valence electrons. The Morgan fingerprint density at radius 1 is 1.53 bits per heavy atom. The molecule has 0 saturated carbocycles. The van der Waals surface area contributed by atoms with Gasteiger partial charge in [0.05, 0.1) is 13.2 Å². The van der Waals surface area contributed by atoms with Crippen LogP contribution in [-0.2, 0) is 4.74 Å². The number of aromatic carboxylic acids is 1. The average Bonchev–Trinajstić information content (AvgIpc) is 2.68. The summed E-state index contributed by atoms with van der Waals surface area (Å²) in [6.07, 6.45) is 1.91. The lowest BCUT2D eigenvalue weighted by molar-refractivity contribution is 0.0257. The van der Waals surface area contributed by atoms with Gasteiger partial charge in [0.1, 0.15) is 16.7 Å². The molecule has 0 spiro atoms. The highest BCUT2D eigenvalue weighted by molar-refractivity contribution is 7.12. The van der Waals surface area contributed by atoms with E-state index >= 15 is 0 Å². The number of hydrogen-bond acceptors (Lipinski definition) is 4. The number of ether oxygens (including phenoxy) is 2. The number of thiophene rings is 1. The van der Waals surface area contributed by atoms with Gasteiger partial charge in [-0.1, -0.05) is 0 Å². The van der Waals surface area contributed by atoms with Crippen molar-refractivity contribution >= 4 is 17.3 Å². The summed E-state index contributed by atoms with van der Waals surface area (Å²) in [5.74, 6) is -0.244. The van der Waals surface area contributed by atoms with E-state index in [-0.39, 0.29) is 6.10 Å². The van der Waals surface area contributed by atoms with Gasteiger partial charge in [-0.05, 0) is 0 Å². The third kappa shape index (κ3) is 2.70. The van der Waals surface area contributed by atoms with Crippen LogP contribution < -0.4 is 4.74 Å². The first-order chi connectivity index (χ1) is 7.25. The van der Waals surface area contributed by atoms with Crippen LogP contribution in [0.4, 0.5) is 0 Å². The van der Waals surface area contributed by atoms with Crippen molar-refractivity contribution in [2.45, 2.75) is 18.9 Å². The van der Waals surface area contributed by atoms with Crippen LogP contribution in [0.2, 0.25) is 0 Å². The zero-order valence-corrected chi connectivity index (χ0v) is 8.96. The SMILES string of the molecule is O=C(O)c1cc(OC2CCOCC2)cs1. The smallest absolute Gasteiger partial charge is 0.346 e. The lowest BCUT2D eigenvalue weighted by Gasteiger charge is -2.22. The van der Waals surface area contributed by atoms with Crippen LogP contribution in [0.1, 0.15) is 22.5 Å². The fraction of sp³-hybridized carbons (Fsp3) is 0.500. The van der Waals surface area contributed by atoms with E-state index in [2.05, 4.69) is 0 Å². The van der Waals surface area contributed by atoms with Crippen LogP contribution in [0.15, 0.2) is 11.4 Å². The molecule has 0 atom stereocenters. The Hall–Kier alpha value is -1.07. The van der Waals surface area contributed by atoms with E-state index in [1.807, 2.05) is 0 Å². The average molecular weight is 228 g/mol. The van der Waals surface area contributed by atoms with Gasteiger partial charge in [0.25, 0.3) is 0 Å². The van der Waals surface area contributed by atoms with E-state index < -0.39 is 5.97 Å². The Kier molecular flexibility index (Phi) is 3.23. The Labute approximate surface area is 91.4 Å². The molecule has 0 radical (unpaired) electrons. The van der Waals surface area contributed by atoms with Crippen LogP contribution >= 0.6 is 11.3 Å². The number of rotatable bonds is 3. The van der Waals surface area contributed by atoms with Crippen molar-refractivity contribution in [3.63, 3.8) is 0 Å². The van der Waals surface area contributed by atoms with Gasteiger partial charge in [-0.15, -0.1) is 11.3 Å². The summed E-state index contributed by atoms with van der Waals surface area (Å²) in [6, 6.07) is 1.57. The highest BCUT2D eigenvalue weighted by Gasteiger charge is 2.16. The molecule has 1 N–H and O–H groups in total. The first kappa shape index (κ1) is 10.4. The van der Waals surface area contributed by atoms with Crippen molar-refractivity contribution in [1.82, 2.24) is 0 Å². The number of carbonyl (C=O) groups is 1. The second-order valence-corrected chi connectivity index (χ2v) is 4.29. The summed E-state index contributed by atoms with van der Waals surface area (Å²) in [5, 5.41) is 10.5. The van der Waals surface area contributed by atoms with E-state index in [9.17, 15) is 4.79 Å². The Balaban J connectivity index is 1.94. The minimum atomic E-state index is -0.901. The van der Waals surface area contributed by atoms with Gasteiger partial charge < -0.3 is 14.6 Å². The summed E-state index contributed by atoms with van der Waals surface area (Å²) in [5.41, 5.74) is 0. The molecule has 15 heavy (non-hydrogen) atoms. The first-order valence-electron chi connectivity index (χ1n) is 4.82. The fourth-order valence-electron chi connectivity index (χ4n) is 1.48. The molecule has 1 aromatic rings. The highest BCUT2D eigenvalue weighted by atomic mass is 32.1. The second kappa shape index (κ2) is 4.63. The van der Waals surface area contributed by atoms with Crippen molar-refractivity contribution in [1.29, 1.82) is 0 Å². The molecule has 1 saturated heterocycles. The Morgan fingerprint density at radius 3 is 2.87 bits per heavy atom. The lowest BCUT2D eigenvalue weighted by Crippen LogP contribution is -2.25. The molecule has 1 aliphatic heterocycles. The standard InChI is InChI=1S/C10H12O4S/c11-10(12)9-5-8(6-15-9)14-7-1-3-13-4-2-7/h5-7H,1-4H2,(H,11,12). The molecule has 0 amide bonds. The van der Waals surface area contributed by atoms with Crippen LogP contribution in [0, 0.1) is 0 Å². The minimum Gasteiger partial charge on any atom is -0.489 e. The van der Waals surface area contributed by atoms with Crippen LogP contribution in [0.5, 0.6) is 5.75 Å².